The van der Waals surface area contributed by atoms with Crippen molar-refractivity contribution in [3.05, 3.63) is 59.8 Å². The van der Waals surface area contributed by atoms with E-state index in [9.17, 15) is 18.0 Å². The zero-order valence-electron chi connectivity index (χ0n) is 17.8. The smallest absolute Gasteiger partial charge is 0.406 e. The van der Waals surface area contributed by atoms with Crippen LogP contribution in [0.5, 0.6) is 5.75 Å². The normalized spacial score (nSPS) is 14.6. The molecule has 2 N–H and O–H groups in total. The standard InChI is InChI=1S/C23H22F3N5O2/c1-15-19-14-17(5-8-20(19)30-22(28-15)31-12-10-27-11-13-31)29-21(32)9-4-16-2-6-18(7-3-16)33-23(24,25)26/h2-9,14,27H,10-13H2,1H3,(H,29,32). The molecule has 1 fully saturated rings. The van der Waals surface area contributed by atoms with Crippen LogP contribution in [0.2, 0.25) is 0 Å². The van der Waals surface area contributed by atoms with Gasteiger partial charge in [-0.1, -0.05) is 12.1 Å². The summed E-state index contributed by atoms with van der Waals surface area (Å²) in [4.78, 5) is 23.7. The maximum Gasteiger partial charge on any atom is 0.573 e. The van der Waals surface area contributed by atoms with Gasteiger partial charge in [0.15, 0.2) is 0 Å². The van der Waals surface area contributed by atoms with Crippen LogP contribution in [0.3, 0.4) is 0 Å². The Morgan fingerprint density at radius 3 is 2.55 bits per heavy atom. The van der Waals surface area contributed by atoms with Gasteiger partial charge in [0.25, 0.3) is 0 Å². The second-order valence-electron chi connectivity index (χ2n) is 7.52. The highest BCUT2D eigenvalue weighted by Gasteiger charge is 2.30. The molecule has 1 aliphatic rings. The van der Waals surface area contributed by atoms with Crippen molar-refractivity contribution >= 4 is 34.5 Å². The van der Waals surface area contributed by atoms with Crippen LogP contribution in [0.25, 0.3) is 17.0 Å². The third-order valence-corrected chi connectivity index (χ3v) is 5.08. The minimum Gasteiger partial charge on any atom is -0.406 e. The van der Waals surface area contributed by atoms with E-state index in [0.29, 0.717) is 17.2 Å². The van der Waals surface area contributed by atoms with E-state index >= 15 is 0 Å². The number of fused-ring (bicyclic) bond motifs is 1. The summed E-state index contributed by atoms with van der Waals surface area (Å²) in [6.45, 7) is 5.40. The molecular formula is C23H22F3N5O2. The molecule has 1 amide bonds. The molecule has 7 nitrogen and oxygen atoms in total. The summed E-state index contributed by atoms with van der Waals surface area (Å²) in [6.07, 6.45) is -1.93. The van der Waals surface area contributed by atoms with E-state index in [1.807, 2.05) is 19.1 Å². The van der Waals surface area contributed by atoms with E-state index in [1.165, 1.54) is 36.4 Å². The number of aromatic nitrogens is 2. The second-order valence-corrected chi connectivity index (χ2v) is 7.52. The van der Waals surface area contributed by atoms with Crippen LogP contribution in [0, 0.1) is 6.92 Å². The van der Waals surface area contributed by atoms with Crippen LogP contribution in [0.4, 0.5) is 24.8 Å². The number of rotatable bonds is 5. The lowest BCUT2D eigenvalue weighted by molar-refractivity contribution is -0.274. The lowest BCUT2D eigenvalue weighted by Crippen LogP contribution is -2.44. The quantitative estimate of drug-likeness (QED) is 0.566. The Balaban J connectivity index is 1.42. The number of benzene rings is 2. The van der Waals surface area contributed by atoms with Crippen molar-refractivity contribution in [2.45, 2.75) is 13.3 Å². The average Bonchev–Trinajstić information content (AvgIpc) is 2.78. The molecule has 0 atom stereocenters. The van der Waals surface area contributed by atoms with E-state index in [2.05, 4.69) is 30.2 Å². The number of nitrogens with one attached hydrogen (secondary N) is 2. The molecule has 10 heteroatoms. The number of piperazine rings is 1. The van der Waals surface area contributed by atoms with Gasteiger partial charge in [0, 0.05) is 43.3 Å². The fraction of sp³-hybridized carbons (Fsp3) is 0.261. The predicted molar refractivity (Wildman–Crippen MR) is 120 cm³/mol. The van der Waals surface area contributed by atoms with E-state index in [4.69, 9.17) is 0 Å². The minimum absolute atomic E-state index is 0.321. The molecule has 2 heterocycles. The first-order chi connectivity index (χ1) is 15.8. The van der Waals surface area contributed by atoms with Crippen molar-refractivity contribution in [1.29, 1.82) is 0 Å². The molecule has 33 heavy (non-hydrogen) atoms. The number of hydrogen-bond acceptors (Lipinski definition) is 6. The van der Waals surface area contributed by atoms with Crippen LogP contribution in [0.15, 0.2) is 48.5 Å². The summed E-state index contributed by atoms with van der Waals surface area (Å²) in [5.41, 5.74) is 2.77. The maximum absolute atomic E-state index is 12.3. The summed E-state index contributed by atoms with van der Waals surface area (Å²) < 4.78 is 40.5. The number of anilines is 2. The van der Waals surface area contributed by atoms with Gasteiger partial charge in [-0.15, -0.1) is 13.2 Å². The van der Waals surface area contributed by atoms with Crippen molar-refractivity contribution in [2.24, 2.45) is 0 Å². The zero-order valence-corrected chi connectivity index (χ0v) is 17.8. The Kier molecular flexibility index (Phi) is 6.45. The van der Waals surface area contributed by atoms with E-state index in [0.717, 1.165) is 42.8 Å². The number of ether oxygens (including phenoxy) is 1. The molecule has 1 aliphatic heterocycles. The monoisotopic (exact) mass is 457 g/mol. The number of alkyl halides is 3. The molecule has 4 rings (SSSR count). The molecule has 2 aromatic carbocycles. The summed E-state index contributed by atoms with van der Waals surface area (Å²) in [5, 5.41) is 6.93. The van der Waals surface area contributed by atoms with Gasteiger partial charge in [-0.25, -0.2) is 9.97 Å². The molecule has 1 aromatic heterocycles. The van der Waals surface area contributed by atoms with Gasteiger partial charge in [-0.2, -0.15) is 0 Å². The molecule has 172 valence electrons. The maximum atomic E-state index is 12.3. The highest BCUT2D eigenvalue weighted by atomic mass is 19.4. The third kappa shape index (κ3) is 5.98. The molecule has 0 aliphatic carbocycles. The van der Waals surface area contributed by atoms with Crippen molar-refractivity contribution in [2.75, 3.05) is 36.4 Å². The number of amides is 1. The Hall–Kier alpha value is -3.66. The van der Waals surface area contributed by atoms with Crippen LogP contribution in [-0.2, 0) is 4.79 Å². The molecule has 0 unspecified atom stereocenters. The van der Waals surface area contributed by atoms with Crippen LogP contribution < -0.4 is 20.3 Å². The minimum atomic E-state index is -4.74. The molecule has 0 saturated carbocycles. The van der Waals surface area contributed by atoms with E-state index in [1.54, 1.807) is 6.07 Å². The molecular weight excluding hydrogens is 435 g/mol. The average molecular weight is 457 g/mol. The summed E-state index contributed by atoms with van der Waals surface area (Å²) in [6, 6.07) is 10.7. The van der Waals surface area contributed by atoms with Crippen molar-refractivity contribution < 1.29 is 22.7 Å². The Morgan fingerprint density at radius 2 is 1.85 bits per heavy atom. The van der Waals surface area contributed by atoms with E-state index in [-0.39, 0.29) is 11.7 Å². The number of nitrogens with zero attached hydrogens (tertiary/aromatic N) is 3. The number of hydrogen-bond donors (Lipinski definition) is 2. The first-order valence-corrected chi connectivity index (χ1v) is 10.4. The number of aryl methyl sites for hydroxylation is 1. The van der Waals surface area contributed by atoms with Crippen LogP contribution in [0.1, 0.15) is 11.3 Å². The Labute approximate surface area is 188 Å². The molecule has 3 aromatic rings. The third-order valence-electron chi connectivity index (χ3n) is 5.08. The topological polar surface area (TPSA) is 79.4 Å². The van der Waals surface area contributed by atoms with Gasteiger partial charge in [0.1, 0.15) is 5.75 Å². The second kappa shape index (κ2) is 9.45. The first kappa shape index (κ1) is 22.5. The van der Waals surface area contributed by atoms with Gasteiger partial charge < -0.3 is 20.3 Å². The van der Waals surface area contributed by atoms with Gasteiger partial charge in [0.05, 0.1) is 11.2 Å². The molecule has 0 radical (unpaired) electrons. The highest BCUT2D eigenvalue weighted by molar-refractivity contribution is 6.03. The fourth-order valence-electron chi connectivity index (χ4n) is 3.49. The van der Waals surface area contributed by atoms with Gasteiger partial charge in [-0.05, 0) is 48.9 Å². The summed E-state index contributed by atoms with van der Waals surface area (Å²) >= 11 is 0. The Bertz CT molecular complexity index is 1170. The highest BCUT2D eigenvalue weighted by Crippen LogP contribution is 2.24. The summed E-state index contributed by atoms with van der Waals surface area (Å²) in [7, 11) is 0. The van der Waals surface area contributed by atoms with Crippen molar-refractivity contribution in [3.8, 4) is 5.75 Å². The van der Waals surface area contributed by atoms with Gasteiger partial charge in [-0.3, -0.25) is 4.79 Å². The predicted octanol–water partition coefficient (Wildman–Crippen LogP) is 3.90. The van der Waals surface area contributed by atoms with Crippen molar-refractivity contribution in [3.63, 3.8) is 0 Å². The summed E-state index contributed by atoms with van der Waals surface area (Å²) in [5.74, 6) is 0.00631. The largest absolute Gasteiger partial charge is 0.573 e. The Morgan fingerprint density at radius 1 is 1.12 bits per heavy atom. The number of carbonyl (C=O) groups excluding carboxylic acids is 1. The first-order valence-electron chi connectivity index (χ1n) is 10.4. The lowest BCUT2D eigenvalue weighted by Gasteiger charge is -2.27. The molecule has 1 saturated heterocycles. The molecule has 0 bridgehead atoms. The molecule has 0 spiro atoms. The fourth-order valence-corrected chi connectivity index (χ4v) is 3.49. The zero-order chi connectivity index (χ0) is 23.4. The van der Waals surface area contributed by atoms with Gasteiger partial charge in [0.2, 0.25) is 11.9 Å². The van der Waals surface area contributed by atoms with Crippen LogP contribution >= 0.6 is 0 Å². The van der Waals surface area contributed by atoms with Crippen LogP contribution in [-0.4, -0.2) is 48.4 Å². The number of carbonyl (C=O) groups is 1. The van der Waals surface area contributed by atoms with Crippen molar-refractivity contribution in [1.82, 2.24) is 15.3 Å². The number of halogens is 3. The lowest BCUT2D eigenvalue weighted by atomic mass is 10.1. The van der Waals surface area contributed by atoms with Gasteiger partial charge >= 0.3 is 6.36 Å². The van der Waals surface area contributed by atoms with E-state index < -0.39 is 6.36 Å². The SMILES string of the molecule is Cc1nc(N2CCNCC2)nc2ccc(NC(=O)C=Cc3ccc(OC(F)(F)F)cc3)cc12.